The van der Waals surface area contributed by atoms with Gasteiger partial charge in [-0.3, -0.25) is 19.2 Å². The minimum Gasteiger partial charge on any atom is -0.497 e. The first-order valence-electron chi connectivity index (χ1n) is 9.81. The zero-order valence-corrected chi connectivity index (χ0v) is 18.5. The second kappa shape index (κ2) is 11.3. The molecule has 11 heteroatoms. The molecule has 176 valence electrons. The van der Waals surface area contributed by atoms with Crippen molar-refractivity contribution in [1.29, 1.82) is 0 Å². The summed E-state index contributed by atoms with van der Waals surface area (Å²) in [5.41, 5.74) is 0. The first kappa shape index (κ1) is 24.9. The van der Waals surface area contributed by atoms with Crippen molar-refractivity contribution in [3.8, 4) is 11.5 Å². The van der Waals surface area contributed by atoms with E-state index in [1.54, 1.807) is 24.3 Å². The van der Waals surface area contributed by atoms with E-state index in [-0.39, 0.29) is 6.61 Å². The van der Waals surface area contributed by atoms with Crippen LogP contribution in [-0.4, -0.2) is 68.2 Å². The lowest BCUT2D eigenvalue weighted by molar-refractivity contribution is -0.257. The van der Waals surface area contributed by atoms with E-state index >= 15 is 0 Å². The van der Waals surface area contributed by atoms with Gasteiger partial charge in [0.05, 0.1) is 7.11 Å². The molecule has 2 rings (SSSR count). The lowest BCUT2D eigenvalue weighted by Crippen LogP contribution is -2.67. The number of carbonyl (C=O) groups is 4. The molecule has 1 aliphatic heterocycles. The molecule has 32 heavy (non-hydrogen) atoms. The molecule has 0 unspecified atom stereocenters. The van der Waals surface area contributed by atoms with Crippen molar-refractivity contribution in [3.05, 3.63) is 24.3 Å². The highest BCUT2D eigenvalue weighted by Gasteiger charge is 2.51. The van der Waals surface area contributed by atoms with Crippen LogP contribution in [0.1, 0.15) is 27.7 Å². The number of rotatable bonds is 8. The van der Waals surface area contributed by atoms with Crippen molar-refractivity contribution in [2.24, 2.45) is 0 Å². The Labute approximate surface area is 185 Å². The van der Waals surface area contributed by atoms with Crippen molar-refractivity contribution in [2.75, 3.05) is 13.7 Å². The van der Waals surface area contributed by atoms with Crippen LogP contribution in [-0.2, 0) is 38.1 Å². The maximum absolute atomic E-state index is 11.9. The molecule has 0 saturated carbocycles. The van der Waals surface area contributed by atoms with E-state index in [1.807, 2.05) is 0 Å². The van der Waals surface area contributed by atoms with Crippen molar-refractivity contribution in [2.45, 2.75) is 58.3 Å². The van der Waals surface area contributed by atoms with Crippen LogP contribution >= 0.6 is 0 Å². The van der Waals surface area contributed by atoms with Crippen molar-refractivity contribution < 1.29 is 47.6 Å². The van der Waals surface area contributed by atoms with Crippen LogP contribution in [0.4, 0.5) is 0 Å². The molecule has 0 radical (unpaired) electrons. The van der Waals surface area contributed by atoms with E-state index in [1.165, 1.54) is 34.8 Å². The summed E-state index contributed by atoms with van der Waals surface area (Å²) in [7, 11) is 1.52. The van der Waals surface area contributed by atoms with Gasteiger partial charge in [0.25, 0.3) is 0 Å². The first-order chi connectivity index (χ1) is 15.1. The lowest BCUT2D eigenvalue weighted by atomic mass is 9.96. The van der Waals surface area contributed by atoms with E-state index in [9.17, 15) is 19.2 Å². The Hall–Kier alpha value is -3.34. The molecule has 1 heterocycles. The molecule has 11 nitrogen and oxygen atoms in total. The highest BCUT2D eigenvalue weighted by molar-refractivity contribution is 5.73. The number of hydrogen-bond acceptors (Lipinski definition) is 10. The standard InChI is InChI=1S/C21H27NO10/c1-11(23)22-18-20(30-14(4)26)19(29-13(3)25)17(10-28-12(2)24)32-21(18)31-16-8-6-15(27-5)7-9-16/h6-9,17-21H,10H2,1-5H3,(H,22,23)/t17-,18+,19-,20-,21-/m1/s1. The fourth-order valence-electron chi connectivity index (χ4n) is 3.18. The summed E-state index contributed by atoms with van der Waals surface area (Å²) in [5.74, 6) is -1.45. The first-order valence-corrected chi connectivity index (χ1v) is 9.81. The molecule has 0 spiro atoms. The molecule has 0 aromatic heterocycles. The van der Waals surface area contributed by atoms with E-state index < -0.39 is 54.5 Å². The van der Waals surface area contributed by atoms with Crippen molar-refractivity contribution in [3.63, 3.8) is 0 Å². The Morgan fingerprint density at radius 2 is 1.44 bits per heavy atom. The van der Waals surface area contributed by atoms with Crippen molar-refractivity contribution in [1.82, 2.24) is 5.32 Å². The number of benzene rings is 1. The Bertz CT molecular complexity index is 824. The lowest BCUT2D eigenvalue weighted by Gasteiger charge is -2.44. The SMILES string of the molecule is COc1ccc(O[C@@H]2O[C@H](COC(C)=O)[C@@H](OC(C)=O)[C@H](OC(C)=O)[C@@H]2NC(C)=O)cc1. The van der Waals surface area contributed by atoms with Crippen molar-refractivity contribution >= 4 is 23.8 Å². The fourth-order valence-corrected chi connectivity index (χ4v) is 3.18. The fraction of sp³-hybridized carbons (Fsp3) is 0.524. The Morgan fingerprint density at radius 3 is 1.94 bits per heavy atom. The molecule has 1 saturated heterocycles. The third kappa shape index (κ3) is 7.12. The van der Waals surface area contributed by atoms with Gasteiger partial charge in [-0.2, -0.15) is 0 Å². The van der Waals surface area contributed by atoms with Gasteiger partial charge in [0.2, 0.25) is 12.2 Å². The van der Waals surface area contributed by atoms with Gasteiger partial charge in [-0.1, -0.05) is 0 Å². The van der Waals surface area contributed by atoms with Gasteiger partial charge in [0, 0.05) is 27.7 Å². The maximum Gasteiger partial charge on any atom is 0.303 e. The largest absolute Gasteiger partial charge is 0.497 e. The number of ether oxygens (including phenoxy) is 6. The number of hydrogen-bond donors (Lipinski definition) is 1. The predicted molar refractivity (Wildman–Crippen MR) is 108 cm³/mol. The molecular weight excluding hydrogens is 426 g/mol. The highest BCUT2D eigenvalue weighted by Crippen LogP contribution is 2.29. The molecule has 5 atom stereocenters. The van der Waals surface area contributed by atoms with Gasteiger partial charge >= 0.3 is 17.9 Å². The van der Waals surface area contributed by atoms with Crippen LogP contribution in [0, 0.1) is 0 Å². The second-order valence-corrected chi connectivity index (χ2v) is 7.01. The number of nitrogens with one attached hydrogen (secondary N) is 1. The minimum atomic E-state index is -1.18. The minimum absolute atomic E-state index is 0.305. The maximum atomic E-state index is 11.9. The summed E-state index contributed by atoms with van der Waals surface area (Å²) in [6.07, 6.45) is -4.58. The topological polar surface area (TPSA) is 136 Å². The average molecular weight is 453 g/mol. The van der Waals surface area contributed by atoms with Crippen LogP contribution in [0.15, 0.2) is 24.3 Å². The zero-order chi connectivity index (χ0) is 23.8. The van der Waals surface area contributed by atoms with Crippen LogP contribution in [0.3, 0.4) is 0 Å². The summed E-state index contributed by atoms with van der Waals surface area (Å²) in [6.45, 7) is 4.51. The summed E-state index contributed by atoms with van der Waals surface area (Å²) < 4.78 is 32.7. The van der Waals surface area contributed by atoms with E-state index in [0.717, 1.165) is 0 Å². The predicted octanol–water partition coefficient (Wildman–Crippen LogP) is 0.730. The van der Waals surface area contributed by atoms with Crippen LogP contribution in [0.25, 0.3) is 0 Å². The molecule has 1 fully saturated rings. The summed E-state index contributed by atoms with van der Waals surface area (Å²) in [4.78, 5) is 46.8. The molecule has 1 aromatic carbocycles. The van der Waals surface area contributed by atoms with Gasteiger partial charge in [0.15, 0.2) is 12.2 Å². The molecular formula is C21H27NO10. The number of amides is 1. The van der Waals surface area contributed by atoms with Gasteiger partial charge < -0.3 is 33.7 Å². The number of methoxy groups -OCH3 is 1. The third-order valence-electron chi connectivity index (χ3n) is 4.38. The Balaban J connectivity index is 2.42. The quantitative estimate of drug-likeness (QED) is 0.443. The summed E-state index contributed by atoms with van der Waals surface area (Å²) in [6, 6.07) is 5.51. The molecule has 1 aromatic rings. The summed E-state index contributed by atoms with van der Waals surface area (Å²) >= 11 is 0. The molecule has 0 aliphatic carbocycles. The van der Waals surface area contributed by atoms with E-state index in [4.69, 9.17) is 28.4 Å². The molecule has 1 aliphatic rings. The Kier molecular flexibility index (Phi) is 8.82. The smallest absolute Gasteiger partial charge is 0.303 e. The van der Waals surface area contributed by atoms with Gasteiger partial charge in [-0.15, -0.1) is 0 Å². The second-order valence-electron chi connectivity index (χ2n) is 7.01. The Morgan fingerprint density at radius 1 is 0.875 bits per heavy atom. The highest BCUT2D eigenvalue weighted by atomic mass is 16.7. The number of esters is 3. The number of carbonyl (C=O) groups excluding carboxylic acids is 4. The molecule has 0 bridgehead atoms. The third-order valence-corrected chi connectivity index (χ3v) is 4.38. The average Bonchev–Trinajstić information content (AvgIpc) is 2.70. The molecule has 1 N–H and O–H groups in total. The van der Waals surface area contributed by atoms with Gasteiger partial charge in [-0.25, -0.2) is 0 Å². The monoisotopic (exact) mass is 453 g/mol. The van der Waals surface area contributed by atoms with E-state index in [0.29, 0.717) is 11.5 Å². The normalized spacial score (nSPS) is 24.6. The van der Waals surface area contributed by atoms with E-state index in [2.05, 4.69) is 5.32 Å². The van der Waals surface area contributed by atoms with Crippen LogP contribution in [0.2, 0.25) is 0 Å². The van der Waals surface area contributed by atoms with Gasteiger partial charge in [0.1, 0.15) is 30.3 Å². The summed E-state index contributed by atoms with van der Waals surface area (Å²) in [5, 5.41) is 2.63. The van der Waals surface area contributed by atoms with Gasteiger partial charge in [-0.05, 0) is 24.3 Å². The molecule has 1 amide bonds. The van der Waals surface area contributed by atoms with Crippen LogP contribution < -0.4 is 14.8 Å². The zero-order valence-electron chi connectivity index (χ0n) is 18.5. The van der Waals surface area contributed by atoms with Crippen LogP contribution in [0.5, 0.6) is 11.5 Å².